The fraction of sp³-hybridized carbons (Fsp3) is 0.286. The number of pyridine rings is 1. The number of nitrogens with zero attached hydrogens (tertiary/aromatic N) is 3. The van der Waals surface area contributed by atoms with Crippen molar-refractivity contribution in [2.75, 3.05) is 31.9 Å². The van der Waals surface area contributed by atoms with E-state index in [-0.39, 0.29) is 5.78 Å². The average Bonchev–Trinajstić information content (AvgIpc) is 3.17. The lowest BCUT2D eigenvalue weighted by atomic mass is 10.1. The molecule has 0 atom stereocenters. The molecule has 0 saturated carbocycles. The third kappa shape index (κ3) is 4.43. The van der Waals surface area contributed by atoms with Crippen LogP contribution in [0.2, 0.25) is 0 Å². The van der Waals surface area contributed by atoms with Crippen LogP contribution in [0, 0.1) is 0 Å². The topological polar surface area (TPSA) is 52.2 Å². The molecule has 0 amide bonds. The van der Waals surface area contributed by atoms with Crippen molar-refractivity contribution < 1.29 is 4.79 Å². The van der Waals surface area contributed by atoms with Crippen molar-refractivity contribution in [3.63, 3.8) is 0 Å². The summed E-state index contributed by atoms with van der Waals surface area (Å²) in [5.41, 5.74) is 2.77. The molecular formula is C21H22N4OS2. The number of aromatic amines is 1. The smallest absolute Gasteiger partial charge is 0.175 e. The quantitative estimate of drug-likeness (QED) is 0.513. The molecule has 28 heavy (non-hydrogen) atoms. The van der Waals surface area contributed by atoms with Crippen LogP contribution in [0.1, 0.15) is 15.9 Å². The summed E-state index contributed by atoms with van der Waals surface area (Å²) in [6.07, 6.45) is 3.46. The van der Waals surface area contributed by atoms with E-state index in [1.54, 1.807) is 12.4 Å². The van der Waals surface area contributed by atoms with Gasteiger partial charge in [0.2, 0.25) is 0 Å². The molecule has 1 aliphatic heterocycles. The standard InChI is InChI=1S/C21H22N4OS2/c26-19(18-13-23-20-17(18)7-4-8-22-20)15-28-21(27)25-11-9-24(10-12-25)14-16-5-2-1-3-6-16/h1-8,13H,9-12,14-15H2,(H,22,23). The number of carbonyl (C=O) groups excluding carboxylic acids is 1. The number of ketones is 1. The van der Waals surface area contributed by atoms with Gasteiger partial charge < -0.3 is 9.88 Å². The Morgan fingerprint density at radius 1 is 1.11 bits per heavy atom. The number of Topliss-reactive ketones (excluding diaryl/α,β-unsaturated/α-hetero) is 1. The van der Waals surface area contributed by atoms with E-state index in [2.05, 4.69) is 44.0 Å². The van der Waals surface area contributed by atoms with Gasteiger partial charge in [-0.1, -0.05) is 54.3 Å². The highest BCUT2D eigenvalue weighted by Crippen LogP contribution is 2.20. The number of fused-ring (bicyclic) bond motifs is 1. The molecule has 3 aromatic rings. The number of hydrogen-bond acceptors (Lipinski definition) is 5. The highest BCUT2D eigenvalue weighted by atomic mass is 32.2. The van der Waals surface area contributed by atoms with E-state index in [1.165, 1.54) is 17.3 Å². The average molecular weight is 411 g/mol. The number of hydrogen-bond donors (Lipinski definition) is 1. The van der Waals surface area contributed by atoms with E-state index in [1.807, 2.05) is 18.2 Å². The number of thiocarbonyl (C=S) groups is 1. The first-order valence-corrected chi connectivity index (χ1v) is 10.7. The summed E-state index contributed by atoms with van der Waals surface area (Å²) in [7, 11) is 0. The number of carbonyl (C=O) groups is 1. The maximum atomic E-state index is 12.6. The van der Waals surface area contributed by atoms with Crippen molar-refractivity contribution >= 4 is 45.1 Å². The van der Waals surface area contributed by atoms with Crippen molar-refractivity contribution in [2.24, 2.45) is 0 Å². The van der Waals surface area contributed by atoms with Crippen LogP contribution in [0.15, 0.2) is 54.9 Å². The van der Waals surface area contributed by atoms with Gasteiger partial charge in [-0.2, -0.15) is 0 Å². The van der Waals surface area contributed by atoms with Gasteiger partial charge in [0, 0.05) is 56.1 Å². The van der Waals surface area contributed by atoms with Gasteiger partial charge in [-0.05, 0) is 17.7 Å². The zero-order valence-electron chi connectivity index (χ0n) is 15.5. The summed E-state index contributed by atoms with van der Waals surface area (Å²) in [4.78, 5) is 24.6. The Kier molecular flexibility index (Phi) is 6.04. The fourth-order valence-electron chi connectivity index (χ4n) is 3.41. The summed E-state index contributed by atoms with van der Waals surface area (Å²) in [5.74, 6) is 0.430. The van der Waals surface area contributed by atoms with Crippen LogP contribution < -0.4 is 0 Å². The number of rotatable bonds is 5. The minimum absolute atomic E-state index is 0.0781. The van der Waals surface area contributed by atoms with Crippen LogP contribution in [-0.2, 0) is 6.54 Å². The van der Waals surface area contributed by atoms with Gasteiger partial charge in [0.1, 0.15) is 9.97 Å². The zero-order valence-corrected chi connectivity index (χ0v) is 17.1. The Hall–Kier alpha value is -2.22. The third-order valence-electron chi connectivity index (χ3n) is 4.96. The predicted octanol–water partition coefficient (Wildman–Crippen LogP) is 3.58. The van der Waals surface area contributed by atoms with Gasteiger partial charge in [-0.25, -0.2) is 4.98 Å². The molecule has 3 heterocycles. The van der Waals surface area contributed by atoms with Crippen LogP contribution in [0.25, 0.3) is 11.0 Å². The second kappa shape index (κ2) is 8.86. The van der Waals surface area contributed by atoms with E-state index in [9.17, 15) is 4.79 Å². The molecule has 144 valence electrons. The Balaban J connectivity index is 1.26. The van der Waals surface area contributed by atoms with Crippen molar-refractivity contribution in [2.45, 2.75) is 6.54 Å². The summed E-state index contributed by atoms with van der Waals surface area (Å²) in [6.45, 7) is 4.75. The van der Waals surface area contributed by atoms with Gasteiger partial charge in [0.15, 0.2) is 5.78 Å². The monoisotopic (exact) mass is 410 g/mol. The predicted molar refractivity (Wildman–Crippen MR) is 119 cm³/mol. The fourth-order valence-corrected chi connectivity index (χ4v) is 4.55. The maximum absolute atomic E-state index is 12.6. The van der Waals surface area contributed by atoms with Crippen molar-refractivity contribution in [1.82, 2.24) is 19.8 Å². The summed E-state index contributed by atoms with van der Waals surface area (Å²) >= 11 is 7.04. The van der Waals surface area contributed by atoms with Crippen LogP contribution >= 0.6 is 24.0 Å². The lowest BCUT2D eigenvalue weighted by Gasteiger charge is -2.35. The molecule has 7 heteroatoms. The molecule has 0 radical (unpaired) electrons. The number of H-pyrrole nitrogens is 1. The molecule has 0 spiro atoms. The van der Waals surface area contributed by atoms with Crippen molar-refractivity contribution in [1.29, 1.82) is 0 Å². The lowest BCUT2D eigenvalue weighted by molar-refractivity contribution is 0.102. The highest BCUT2D eigenvalue weighted by molar-refractivity contribution is 8.23. The minimum atomic E-state index is 0.0781. The van der Waals surface area contributed by atoms with Gasteiger partial charge in [0.05, 0.1) is 5.75 Å². The normalized spacial score (nSPS) is 15.1. The van der Waals surface area contributed by atoms with E-state index in [0.717, 1.165) is 48.1 Å². The molecule has 1 fully saturated rings. The summed E-state index contributed by atoms with van der Waals surface area (Å²) in [6, 6.07) is 14.3. The number of nitrogens with one attached hydrogen (secondary N) is 1. The molecule has 1 aromatic carbocycles. The van der Waals surface area contributed by atoms with Gasteiger partial charge in [-0.15, -0.1) is 0 Å². The Morgan fingerprint density at radius 3 is 2.68 bits per heavy atom. The van der Waals surface area contributed by atoms with Crippen molar-refractivity contribution in [3.8, 4) is 0 Å². The van der Waals surface area contributed by atoms with Crippen molar-refractivity contribution in [3.05, 3.63) is 66.0 Å². The third-order valence-corrected chi connectivity index (χ3v) is 6.48. The van der Waals surface area contributed by atoms with Crippen LogP contribution in [0.5, 0.6) is 0 Å². The van der Waals surface area contributed by atoms with Gasteiger partial charge in [-0.3, -0.25) is 9.69 Å². The maximum Gasteiger partial charge on any atom is 0.175 e. The minimum Gasteiger partial charge on any atom is -0.355 e. The molecule has 1 saturated heterocycles. The highest BCUT2D eigenvalue weighted by Gasteiger charge is 2.20. The molecule has 1 aliphatic rings. The van der Waals surface area contributed by atoms with Crippen LogP contribution in [0.3, 0.4) is 0 Å². The molecule has 1 N–H and O–H groups in total. The second-order valence-corrected chi connectivity index (χ2v) is 8.44. The molecular weight excluding hydrogens is 388 g/mol. The lowest BCUT2D eigenvalue weighted by Crippen LogP contribution is -2.47. The molecule has 0 unspecified atom stereocenters. The molecule has 5 nitrogen and oxygen atoms in total. The van der Waals surface area contributed by atoms with E-state index in [0.29, 0.717) is 11.3 Å². The first-order valence-electron chi connectivity index (χ1n) is 9.34. The van der Waals surface area contributed by atoms with E-state index in [4.69, 9.17) is 12.2 Å². The summed E-state index contributed by atoms with van der Waals surface area (Å²) < 4.78 is 0.811. The van der Waals surface area contributed by atoms with Crippen LogP contribution in [0.4, 0.5) is 0 Å². The van der Waals surface area contributed by atoms with Gasteiger partial charge >= 0.3 is 0 Å². The first kappa shape index (κ1) is 19.1. The largest absolute Gasteiger partial charge is 0.355 e. The number of benzene rings is 1. The van der Waals surface area contributed by atoms with E-state index >= 15 is 0 Å². The molecule has 0 bridgehead atoms. The summed E-state index contributed by atoms with van der Waals surface area (Å²) in [5, 5.41) is 0.869. The zero-order chi connectivity index (χ0) is 19.3. The number of thioether (sulfide) groups is 1. The first-order chi connectivity index (χ1) is 13.7. The SMILES string of the molecule is O=C(CSC(=S)N1CCN(Cc2ccccc2)CC1)c1c[nH]c2ncccc12. The van der Waals surface area contributed by atoms with E-state index < -0.39 is 0 Å². The Morgan fingerprint density at radius 2 is 1.89 bits per heavy atom. The molecule has 2 aromatic heterocycles. The molecule has 0 aliphatic carbocycles. The second-order valence-electron chi connectivity index (χ2n) is 6.83. The Labute approximate surface area is 174 Å². The number of piperazine rings is 1. The Bertz CT molecular complexity index is 965. The molecule has 4 rings (SSSR count). The van der Waals surface area contributed by atoms with Gasteiger partial charge in [0.25, 0.3) is 0 Å². The van der Waals surface area contributed by atoms with Crippen LogP contribution in [-0.4, -0.2) is 61.8 Å². The number of aromatic nitrogens is 2.